The molecule has 0 aromatic heterocycles. The van der Waals surface area contributed by atoms with Gasteiger partial charge < -0.3 is 20.3 Å². The van der Waals surface area contributed by atoms with Gasteiger partial charge in [0, 0.05) is 32.8 Å². The fraction of sp³-hybridized carbons (Fsp3) is 0.947. The third-order valence-corrected chi connectivity index (χ3v) is 4.79. The lowest BCUT2D eigenvalue weighted by Crippen LogP contribution is -2.43. The van der Waals surface area contributed by atoms with E-state index in [0.717, 1.165) is 38.1 Å². The van der Waals surface area contributed by atoms with E-state index in [1.165, 1.54) is 51.6 Å². The molecule has 0 spiro atoms. The third kappa shape index (κ3) is 12.0. The highest BCUT2D eigenvalue weighted by Gasteiger charge is 2.18. The molecule has 1 rings (SSSR count). The van der Waals surface area contributed by atoms with Gasteiger partial charge in [-0.1, -0.05) is 26.2 Å². The average molecular weight is 468 g/mol. The number of hydrogen-bond acceptors (Lipinski definition) is 3. The predicted octanol–water partition coefficient (Wildman–Crippen LogP) is 3.49. The number of methoxy groups -OCH3 is 1. The minimum absolute atomic E-state index is 0. The lowest BCUT2D eigenvalue weighted by molar-refractivity contribution is 0.121. The molecule has 6 heteroatoms. The number of hydrogen-bond donors (Lipinski definition) is 2. The van der Waals surface area contributed by atoms with Gasteiger partial charge >= 0.3 is 0 Å². The van der Waals surface area contributed by atoms with E-state index < -0.39 is 0 Å². The molecule has 1 fully saturated rings. The first kappa shape index (κ1) is 24.9. The van der Waals surface area contributed by atoms with Gasteiger partial charge in [0.2, 0.25) is 0 Å². The molecule has 0 aliphatic carbocycles. The fourth-order valence-corrected chi connectivity index (χ4v) is 3.16. The van der Waals surface area contributed by atoms with Crippen molar-refractivity contribution in [2.24, 2.45) is 10.9 Å². The number of guanidine groups is 1. The Morgan fingerprint density at radius 3 is 2.56 bits per heavy atom. The summed E-state index contributed by atoms with van der Waals surface area (Å²) in [7, 11) is 1.78. The van der Waals surface area contributed by atoms with Gasteiger partial charge in [-0.05, 0) is 52.1 Å². The summed E-state index contributed by atoms with van der Waals surface area (Å²) in [4.78, 5) is 7.35. The van der Waals surface area contributed by atoms with E-state index in [4.69, 9.17) is 9.73 Å². The van der Waals surface area contributed by atoms with Gasteiger partial charge in [0.05, 0.1) is 6.61 Å². The highest BCUT2D eigenvalue weighted by molar-refractivity contribution is 14.0. The number of halogens is 1. The number of unbranched alkanes of at least 4 members (excludes halogenated alkanes) is 2. The van der Waals surface area contributed by atoms with Crippen molar-refractivity contribution < 1.29 is 4.74 Å². The van der Waals surface area contributed by atoms with Crippen LogP contribution in [0.5, 0.6) is 0 Å². The van der Waals surface area contributed by atoms with E-state index in [2.05, 4.69) is 36.3 Å². The first-order valence-electron chi connectivity index (χ1n) is 9.95. The molecule has 1 heterocycles. The van der Waals surface area contributed by atoms with Crippen molar-refractivity contribution in [3.05, 3.63) is 0 Å². The summed E-state index contributed by atoms with van der Waals surface area (Å²) < 4.78 is 5.17. The first-order valence-corrected chi connectivity index (χ1v) is 9.95. The van der Waals surface area contributed by atoms with Crippen molar-refractivity contribution in [2.45, 2.75) is 65.3 Å². The van der Waals surface area contributed by atoms with Crippen molar-refractivity contribution in [3.63, 3.8) is 0 Å². The number of likely N-dealkylation sites (tertiary alicyclic amines) is 1. The van der Waals surface area contributed by atoms with Crippen LogP contribution in [-0.2, 0) is 4.74 Å². The van der Waals surface area contributed by atoms with E-state index in [-0.39, 0.29) is 24.0 Å². The zero-order chi connectivity index (χ0) is 17.6. The van der Waals surface area contributed by atoms with Crippen LogP contribution in [0.4, 0.5) is 0 Å². The maximum Gasteiger partial charge on any atom is 0.191 e. The first-order chi connectivity index (χ1) is 11.7. The Morgan fingerprint density at radius 2 is 1.96 bits per heavy atom. The summed E-state index contributed by atoms with van der Waals surface area (Å²) in [5, 5.41) is 6.96. The molecule has 1 aliphatic rings. The fourth-order valence-electron chi connectivity index (χ4n) is 3.16. The van der Waals surface area contributed by atoms with Crippen molar-refractivity contribution in [3.8, 4) is 0 Å². The number of nitrogens with zero attached hydrogens (tertiary/aromatic N) is 2. The van der Waals surface area contributed by atoms with E-state index in [0.29, 0.717) is 6.04 Å². The standard InChI is InChI=1S/C19H40N4O.HI/c1-5-7-8-9-17(3)22-19(20-6-2)21-16-18-10-12-23(13-11-18)14-15-24-4;/h17-18H,5-16H2,1-4H3,(H2,20,21,22);1H. The number of piperidine rings is 1. The smallest absolute Gasteiger partial charge is 0.191 e. The summed E-state index contributed by atoms with van der Waals surface area (Å²) in [5.41, 5.74) is 0. The highest BCUT2D eigenvalue weighted by Crippen LogP contribution is 2.17. The van der Waals surface area contributed by atoms with Crippen LogP contribution in [-0.4, -0.2) is 63.3 Å². The van der Waals surface area contributed by atoms with Gasteiger partial charge in [0.1, 0.15) is 0 Å². The molecule has 1 unspecified atom stereocenters. The second kappa shape index (κ2) is 16.1. The molecule has 1 atom stereocenters. The molecule has 25 heavy (non-hydrogen) atoms. The van der Waals surface area contributed by atoms with Crippen molar-refractivity contribution in [1.29, 1.82) is 0 Å². The summed E-state index contributed by atoms with van der Waals surface area (Å²) in [6.45, 7) is 12.8. The van der Waals surface area contributed by atoms with Gasteiger partial charge in [-0.25, -0.2) is 0 Å². The summed E-state index contributed by atoms with van der Waals surface area (Å²) in [6, 6.07) is 0.491. The molecule has 1 aliphatic heterocycles. The van der Waals surface area contributed by atoms with Gasteiger partial charge in [0.25, 0.3) is 0 Å². The summed E-state index contributed by atoms with van der Waals surface area (Å²) >= 11 is 0. The second-order valence-corrected chi connectivity index (χ2v) is 7.04. The zero-order valence-electron chi connectivity index (χ0n) is 16.9. The number of rotatable bonds is 11. The van der Waals surface area contributed by atoms with Crippen molar-refractivity contribution in [2.75, 3.05) is 46.4 Å². The molecule has 0 aromatic carbocycles. The minimum atomic E-state index is 0. The zero-order valence-corrected chi connectivity index (χ0v) is 19.2. The van der Waals surface area contributed by atoms with Gasteiger partial charge in [0.15, 0.2) is 5.96 Å². The van der Waals surface area contributed by atoms with E-state index >= 15 is 0 Å². The van der Waals surface area contributed by atoms with Crippen LogP contribution < -0.4 is 10.6 Å². The van der Waals surface area contributed by atoms with Crippen LogP contribution >= 0.6 is 24.0 Å². The van der Waals surface area contributed by atoms with Gasteiger partial charge in [-0.2, -0.15) is 0 Å². The lowest BCUT2D eigenvalue weighted by atomic mass is 9.97. The van der Waals surface area contributed by atoms with E-state index in [1.54, 1.807) is 7.11 Å². The van der Waals surface area contributed by atoms with E-state index in [1.807, 2.05) is 0 Å². The van der Waals surface area contributed by atoms with Crippen molar-refractivity contribution in [1.82, 2.24) is 15.5 Å². The van der Waals surface area contributed by atoms with Crippen LogP contribution in [0, 0.1) is 5.92 Å². The molecular formula is C19H41IN4O. The molecule has 0 aromatic rings. The second-order valence-electron chi connectivity index (χ2n) is 7.04. The number of ether oxygens (including phenoxy) is 1. The third-order valence-electron chi connectivity index (χ3n) is 4.79. The molecule has 0 amide bonds. The Bertz CT molecular complexity index is 333. The van der Waals surface area contributed by atoms with Crippen LogP contribution in [0.1, 0.15) is 59.3 Å². The quantitative estimate of drug-likeness (QED) is 0.211. The Hall–Kier alpha value is -0.0800. The Kier molecular flexibility index (Phi) is 16.1. The topological polar surface area (TPSA) is 48.9 Å². The maximum absolute atomic E-state index is 5.17. The predicted molar refractivity (Wildman–Crippen MR) is 119 cm³/mol. The maximum atomic E-state index is 5.17. The monoisotopic (exact) mass is 468 g/mol. The number of nitrogens with one attached hydrogen (secondary N) is 2. The largest absolute Gasteiger partial charge is 0.383 e. The molecule has 5 nitrogen and oxygen atoms in total. The Labute approximate surface area is 172 Å². The van der Waals surface area contributed by atoms with Crippen LogP contribution in [0.15, 0.2) is 4.99 Å². The molecular weight excluding hydrogens is 427 g/mol. The lowest BCUT2D eigenvalue weighted by Gasteiger charge is -2.31. The minimum Gasteiger partial charge on any atom is -0.383 e. The Morgan fingerprint density at radius 1 is 1.24 bits per heavy atom. The molecule has 1 saturated heterocycles. The Balaban J connectivity index is 0.00000576. The van der Waals surface area contributed by atoms with Gasteiger partial charge in [-0.3, -0.25) is 4.99 Å². The van der Waals surface area contributed by atoms with Gasteiger partial charge in [-0.15, -0.1) is 24.0 Å². The summed E-state index contributed by atoms with van der Waals surface area (Å²) in [6.07, 6.45) is 7.61. The highest BCUT2D eigenvalue weighted by atomic mass is 127. The van der Waals surface area contributed by atoms with Crippen LogP contribution in [0.2, 0.25) is 0 Å². The SMILES string of the molecule is CCCCCC(C)NC(=NCC1CCN(CCOC)CC1)NCC.I. The molecule has 0 radical (unpaired) electrons. The van der Waals surface area contributed by atoms with Crippen LogP contribution in [0.3, 0.4) is 0 Å². The van der Waals surface area contributed by atoms with E-state index in [9.17, 15) is 0 Å². The van der Waals surface area contributed by atoms with Crippen molar-refractivity contribution >= 4 is 29.9 Å². The average Bonchev–Trinajstić information content (AvgIpc) is 2.59. The molecule has 0 saturated carbocycles. The normalized spacial score (nSPS) is 17.8. The molecule has 0 bridgehead atoms. The number of aliphatic imine (C=N–C) groups is 1. The summed E-state index contributed by atoms with van der Waals surface area (Å²) in [5.74, 6) is 1.71. The van der Waals surface area contributed by atoms with Crippen LogP contribution in [0.25, 0.3) is 0 Å². The molecule has 150 valence electrons. The molecule has 2 N–H and O–H groups in total.